The molecule has 0 bridgehead atoms. The fourth-order valence-corrected chi connectivity index (χ4v) is 1.85. The summed E-state index contributed by atoms with van der Waals surface area (Å²) in [7, 11) is 1.41. The van der Waals surface area contributed by atoms with E-state index in [2.05, 4.69) is 38.2 Å². The molecule has 1 aromatic carbocycles. The zero-order valence-electron chi connectivity index (χ0n) is 12.2. The number of nitrogens with one attached hydrogen (secondary N) is 1. The van der Waals surface area contributed by atoms with Gasteiger partial charge in [0.2, 0.25) is 0 Å². The Bertz CT molecular complexity index is 450. The van der Waals surface area contributed by atoms with Gasteiger partial charge in [0.1, 0.15) is 5.54 Å². The first-order valence-corrected chi connectivity index (χ1v) is 6.18. The van der Waals surface area contributed by atoms with E-state index in [1.165, 1.54) is 29.4 Å². The van der Waals surface area contributed by atoms with Gasteiger partial charge >= 0.3 is 5.97 Å². The van der Waals surface area contributed by atoms with Crippen molar-refractivity contribution in [3.8, 4) is 0 Å². The van der Waals surface area contributed by atoms with Crippen LogP contribution in [0.25, 0.3) is 0 Å². The predicted molar refractivity (Wildman–Crippen MR) is 73.6 cm³/mol. The van der Waals surface area contributed by atoms with Gasteiger partial charge in [0.05, 0.1) is 7.11 Å². The molecule has 0 aliphatic carbocycles. The van der Waals surface area contributed by atoms with Crippen LogP contribution in [0.1, 0.15) is 36.1 Å². The average Bonchev–Trinajstić information content (AvgIpc) is 2.31. The van der Waals surface area contributed by atoms with Crippen LogP contribution in [0.3, 0.4) is 0 Å². The molecule has 0 amide bonds. The second-order valence-electron chi connectivity index (χ2n) is 5.33. The lowest BCUT2D eigenvalue weighted by atomic mass is 9.99. The Morgan fingerprint density at radius 1 is 1.17 bits per heavy atom. The van der Waals surface area contributed by atoms with E-state index in [1.807, 2.05) is 13.8 Å². The number of rotatable bonds is 4. The molecule has 0 spiro atoms. The molecule has 100 valence electrons. The second kappa shape index (κ2) is 5.53. The van der Waals surface area contributed by atoms with Crippen LogP contribution in [0, 0.1) is 20.8 Å². The first-order chi connectivity index (χ1) is 8.27. The van der Waals surface area contributed by atoms with Crippen molar-refractivity contribution >= 4 is 5.97 Å². The summed E-state index contributed by atoms with van der Waals surface area (Å²) in [6.45, 7) is 10.6. The zero-order valence-corrected chi connectivity index (χ0v) is 12.2. The quantitative estimate of drug-likeness (QED) is 0.834. The van der Waals surface area contributed by atoms with Crippen molar-refractivity contribution < 1.29 is 9.53 Å². The number of benzene rings is 1. The first kappa shape index (κ1) is 14.7. The summed E-state index contributed by atoms with van der Waals surface area (Å²) < 4.78 is 4.78. The lowest BCUT2D eigenvalue weighted by Gasteiger charge is -2.24. The summed E-state index contributed by atoms with van der Waals surface area (Å²) in [5, 5.41) is 3.24. The van der Waals surface area contributed by atoms with Crippen LogP contribution in [-0.4, -0.2) is 18.6 Å². The molecule has 0 heterocycles. The average molecular weight is 249 g/mol. The van der Waals surface area contributed by atoms with Crippen LogP contribution in [0.5, 0.6) is 0 Å². The molecule has 0 saturated carbocycles. The van der Waals surface area contributed by atoms with Gasteiger partial charge in [0.25, 0.3) is 0 Å². The molecular weight excluding hydrogens is 226 g/mol. The Kier molecular flexibility index (Phi) is 4.52. The topological polar surface area (TPSA) is 38.3 Å². The van der Waals surface area contributed by atoms with Gasteiger partial charge in [0.15, 0.2) is 0 Å². The van der Waals surface area contributed by atoms with Crippen molar-refractivity contribution in [2.24, 2.45) is 0 Å². The maximum Gasteiger partial charge on any atom is 0.325 e. The van der Waals surface area contributed by atoms with E-state index in [0.717, 1.165) is 0 Å². The number of carbonyl (C=O) groups is 1. The van der Waals surface area contributed by atoms with Gasteiger partial charge in [-0.3, -0.25) is 10.1 Å². The van der Waals surface area contributed by atoms with Crippen molar-refractivity contribution in [2.75, 3.05) is 7.11 Å². The van der Waals surface area contributed by atoms with Crippen molar-refractivity contribution in [1.82, 2.24) is 5.32 Å². The minimum Gasteiger partial charge on any atom is -0.468 e. The normalized spacial score (nSPS) is 11.4. The summed E-state index contributed by atoms with van der Waals surface area (Å²) in [5.74, 6) is -0.246. The van der Waals surface area contributed by atoms with E-state index in [9.17, 15) is 4.79 Å². The Morgan fingerprint density at radius 2 is 1.72 bits per heavy atom. The Morgan fingerprint density at radius 3 is 2.28 bits per heavy atom. The molecule has 3 nitrogen and oxygen atoms in total. The maximum absolute atomic E-state index is 11.6. The molecule has 0 aromatic heterocycles. The van der Waals surface area contributed by atoms with Gasteiger partial charge in [0, 0.05) is 6.54 Å². The molecule has 1 rings (SSSR count). The van der Waals surface area contributed by atoms with E-state index in [4.69, 9.17) is 4.74 Å². The Balaban J connectivity index is 2.81. The number of hydrogen-bond acceptors (Lipinski definition) is 3. The van der Waals surface area contributed by atoms with Crippen LogP contribution >= 0.6 is 0 Å². The highest BCUT2D eigenvalue weighted by Crippen LogP contribution is 2.16. The monoisotopic (exact) mass is 249 g/mol. The van der Waals surface area contributed by atoms with Crippen molar-refractivity contribution in [3.05, 3.63) is 34.4 Å². The highest BCUT2D eigenvalue weighted by molar-refractivity contribution is 5.79. The Labute approximate surface area is 110 Å². The molecule has 1 aromatic rings. The lowest BCUT2D eigenvalue weighted by Crippen LogP contribution is -2.47. The fraction of sp³-hybridized carbons (Fsp3) is 0.533. The molecular formula is C15H23NO2. The van der Waals surface area contributed by atoms with E-state index in [1.54, 1.807) is 0 Å². The highest BCUT2D eigenvalue weighted by atomic mass is 16.5. The number of ether oxygens (including phenoxy) is 1. The van der Waals surface area contributed by atoms with Crippen LogP contribution in [-0.2, 0) is 16.1 Å². The van der Waals surface area contributed by atoms with E-state index < -0.39 is 5.54 Å². The number of esters is 1. The van der Waals surface area contributed by atoms with Gasteiger partial charge in [-0.2, -0.15) is 0 Å². The van der Waals surface area contributed by atoms with Crippen LogP contribution in [0.15, 0.2) is 12.1 Å². The number of aryl methyl sites for hydroxylation is 3. The molecule has 0 fully saturated rings. The predicted octanol–water partition coefficient (Wildman–Crippen LogP) is 2.65. The minimum atomic E-state index is -0.667. The van der Waals surface area contributed by atoms with Crippen molar-refractivity contribution in [1.29, 1.82) is 0 Å². The number of hydrogen-bond donors (Lipinski definition) is 1. The smallest absolute Gasteiger partial charge is 0.325 e. The third kappa shape index (κ3) is 3.33. The standard InChI is InChI=1S/C15H23NO2/c1-10-7-12(3)13(8-11(10)2)9-16-15(4,5)14(17)18-6/h7-8,16H,9H2,1-6H3. The van der Waals surface area contributed by atoms with Crippen LogP contribution in [0.4, 0.5) is 0 Å². The first-order valence-electron chi connectivity index (χ1n) is 6.18. The van der Waals surface area contributed by atoms with Gasteiger partial charge in [-0.05, 0) is 56.9 Å². The summed E-state index contributed by atoms with van der Waals surface area (Å²) >= 11 is 0. The van der Waals surface area contributed by atoms with Gasteiger partial charge in [-0.25, -0.2) is 0 Å². The number of carbonyl (C=O) groups excluding carboxylic acids is 1. The second-order valence-corrected chi connectivity index (χ2v) is 5.33. The van der Waals surface area contributed by atoms with Crippen LogP contribution < -0.4 is 5.32 Å². The van der Waals surface area contributed by atoms with Gasteiger partial charge in [-0.15, -0.1) is 0 Å². The van der Waals surface area contributed by atoms with E-state index in [-0.39, 0.29) is 5.97 Å². The maximum atomic E-state index is 11.6. The molecule has 0 saturated heterocycles. The Hall–Kier alpha value is -1.35. The highest BCUT2D eigenvalue weighted by Gasteiger charge is 2.27. The summed E-state index contributed by atoms with van der Waals surface area (Å²) in [5.41, 5.74) is 4.36. The molecule has 0 atom stereocenters. The third-order valence-electron chi connectivity index (χ3n) is 3.37. The largest absolute Gasteiger partial charge is 0.468 e. The van der Waals surface area contributed by atoms with Gasteiger partial charge < -0.3 is 4.74 Å². The summed E-state index contributed by atoms with van der Waals surface area (Å²) in [4.78, 5) is 11.6. The zero-order chi connectivity index (χ0) is 13.9. The van der Waals surface area contributed by atoms with Crippen molar-refractivity contribution in [3.63, 3.8) is 0 Å². The molecule has 0 radical (unpaired) electrons. The molecule has 0 aliphatic heterocycles. The summed E-state index contributed by atoms with van der Waals surface area (Å²) in [6.07, 6.45) is 0. The van der Waals surface area contributed by atoms with E-state index >= 15 is 0 Å². The molecule has 1 N–H and O–H groups in total. The van der Waals surface area contributed by atoms with Crippen LogP contribution in [0.2, 0.25) is 0 Å². The number of methoxy groups -OCH3 is 1. The molecule has 3 heteroatoms. The summed E-state index contributed by atoms with van der Waals surface area (Å²) in [6, 6.07) is 4.35. The van der Waals surface area contributed by atoms with Crippen molar-refractivity contribution in [2.45, 2.75) is 46.7 Å². The fourth-order valence-electron chi connectivity index (χ4n) is 1.85. The third-order valence-corrected chi connectivity index (χ3v) is 3.37. The van der Waals surface area contributed by atoms with E-state index in [0.29, 0.717) is 6.54 Å². The van der Waals surface area contributed by atoms with Gasteiger partial charge in [-0.1, -0.05) is 12.1 Å². The SMILES string of the molecule is COC(=O)C(C)(C)NCc1cc(C)c(C)cc1C. The molecule has 0 unspecified atom stereocenters. The minimum absolute atomic E-state index is 0.246. The lowest BCUT2D eigenvalue weighted by molar-refractivity contribution is -0.147. The molecule has 18 heavy (non-hydrogen) atoms. The molecule has 0 aliphatic rings.